The number of halogens is 3. The van der Waals surface area contributed by atoms with Gasteiger partial charge >= 0.3 is 6.18 Å². The minimum Gasteiger partial charge on any atom is -0.396 e. The molecule has 1 atom stereocenters. The zero-order valence-corrected chi connectivity index (χ0v) is 18.1. The Morgan fingerprint density at radius 1 is 1.19 bits per heavy atom. The van der Waals surface area contributed by atoms with E-state index < -0.39 is 17.3 Å². The largest absolute Gasteiger partial charge is 0.417 e. The van der Waals surface area contributed by atoms with Crippen LogP contribution >= 0.6 is 0 Å². The summed E-state index contributed by atoms with van der Waals surface area (Å²) in [4.78, 5) is 3.56. The summed E-state index contributed by atoms with van der Waals surface area (Å²) < 4.78 is 47.3. The van der Waals surface area contributed by atoms with Gasteiger partial charge in [-0.1, -0.05) is 39.0 Å². The molecule has 2 aromatic carbocycles. The minimum absolute atomic E-state index is 0.00386. The summed E-state index contributed by atoms with van der Waals surface area (Å²) in [5.74, 6) is 0.121. The average molecular weight is 431 g/mol. The van der Waals surface area contributed by atoms with Crippen LogP contribution in [-0.4, -0.2) is 23.3 Å². The van der Waals surface area contributed by atoms with Gasteiger partial charge in [0.05, 0.1) is 17.9 Å². The molecule has 1 aliphatic heterocycles. The summed E-state index contributed by atoms with van der Waals surface area (Å²) in [6.07, 6.45) is -2.56. The molecule has 0 saturated carbocycles. The Morgan fingerprint density at radius 3 is 2.58 bits per heavy atom. The van der Waals surface area contributed by atoms with Crippen LogP contribution in [0.2, 0.25) is 0 Å². The van der Waals surface area contributed by atoms with Gasteiger partial charge in [0.1, 0.15) is 5.60 Å². The number of hydrogen-bond acceptors (Lipinski definition) is 2. The lowest BCUT2D eigenvalue weighted by Crippen LogP contribution is -2.36. The molecule has 2 N–H and O–H groups in total. The number of nitrogens with one attached hydrogen (secondary N) is 1. The van der Waals surface area contributed by atoms with Crippen molar-refractivity contribution in [1.29, 1.82) is 0 Å². The molecule has 1 unspecified atom stereocenters. The summed E-state index contributed by atoms with van der Waals surface area (Å²) in [6, 6.07) is 9.50. The number of aromatic amines is 1. The second-order valence-corrected chi connectivity index (χ2v) is 8.58. The van der Waals surface area contributed by atoms with E-state index in [1.165, 1.54) is 6.07 Å². The molecule has 0 amide bonds. The van der Waals surface area contributed by atoms with Crippen molar-refractivity contribution in [1.82, 2.24) is 4.98 Å². The Hall–Kier alpha value is -2.31. The molecule has 0 spiro atoms. The van der Waals surface area contributed by atoms with Gasteiger partial charge in [-0.15, -0.1) is 0 Å². The fraction of sp³-hybridized carbons (Fsp3) is 0.440. The molecule has 2 heterocycles. The summed E-state index contributed by atoms with van der Waals surface area (Å²) in [6.45, 7) is 6.65. The van der Waals surface area contributed by atoms with E-state index in [2.05, 4.69) is 4.98 Å². The van der Waals surface area contributed by atoms with Crippen LogP contribution in [0.15, 0.2) is 36.4 Å². The first-order valence-electron chi connectivity index (χ1n) is 10.8. The van der Waals surface area contributed by atoms with E-state index in [1.54, 1.807) is 12.1 Å². The van der Waals surface area contributed by atoms with Crippen molar-refractivity contribution >= 4 is 10.9 Å². The van der Waals surface area contributed by atoms with Crippen molar-refractivity contribution in [2.75, 3.05) is 13.2 Å². The third-order valence-electron chi connectivity index (χ3n) is 6.48. The summed E-state index contributed by atoms with van der Waals surface area (Å²) >= 11 is 0. The molecule has 0 radical (unpaired) electrons. The Morgan fingerprint density at radius 2 is 1.94 bits per heavy atom. The van der Waals surface area contributed by atoms with Crippen LogP contribution in [0, 0.1) is 0 Å². The fourth-order valence-corrected chi connectivity index (χ4v) is 4.87. The van der Waals surface area contributed by atoms with Crippen LogP contribution < -0.4 is 0 Å². The third-order valence-corrected chi connectivity index (χ3v) is 6.48. The van der Waals surface area contributed by atoms with Crippen LogP contribution in [0.3, 0.4) is 0 Å². The van der Waals surface area contributed by atoms with Gasteiger partial charge in [0.15, 0.2) is 0 Å². The number of aromatic nitrogens is 1. The van der Waals surface area contributed by atoms with Gasteiger partial charge < -0.3 is 14.8 Å². The normalized spacial score (nSPS) is 19.2. The molecular weight excluding hydrogens is 403 g/mol. The topological polar surface area (TPSA) is 45.2 Å². The zero-order valence-electron chi connectivity index (χ0n) is 18.1. The molecule has 0 fully saturated rings. The van der Waals surface area contributed by atoms with Crippen LogP contribution in [0.1, 0.15) is 61.9 Å². The number of aliphatic hydroxyl groups excluding tert-OH is 1. The Balaban J connectivity index is 2.01. The summed E-state index contributed by atoms with van der Waals surface area (Å²) in [5, 5.41) is 10.6. The van der Waals surface area contributed by atoms with Crippen molar-refractivity contribution in [3.8, 4) is 11.1 Å². The molecule has 0 bridgehead atoms. The van der Waals surface area contributed by atoms with E-state index in [9.17, 15) is 18.3 Å². The lowest BCUT2D eigenvalue weighted by molar-refractivity contribution is -0.137. The molecule has 4 rings (SSSR count). The number of fused-ring (bicyclic) bond motifs is 3. The average Bonchev–Trinajstić information content (AvgIpc) is 3.12. The van der Waals surface area contributed by atoms with E-state index in [-0.39, 0.29) is 18.1 Å². The fourth-order valence-electron chi connectivity index (χ4n) is 4.87. The van der Waals surface area contributed by atoms with Crippen LogP contribution in [0.4, 0.5) is 13.2 Å². The van der Waals surface area contributed by atoms with Gasteiger partial charge in [-0.25, -0.2) is 0 Å². The maximum Gasteiger partial charge on any atom is 0.417 e. The van der Waals surface area contributed by atoms with Gasteiger partial charge in [0.2, 0.25) is 0 Å². The number of benzene rings is 2. The number of hydrogen-bond donors (Lipinski definition) is 2. The maximum absolute atomic E-state index is 13.7. The standard InChI is InChI=1S/C25H28F3NO2/c1-4-24(10-11-30)23-18(9-12-31-24)20-14-16(13-19(15(2)3)22(20)29-23)17-7-5-6-8-21(17)25(26,27)28/h5-8,13-15,29-30H,4,9-12H2,1-3H3. The van der Waals surface area contributed by atoms with Gasteiger partial charge in [0, 0.05) is 23.9 Å². The van der Waals surface area contributed by atoms with Crippen molar-refractivity contribution in [2.45, 2.75) is 57.7 Å². The van der Waals surface area contributed by atoms with Crippen molar-refractivity contribution < 1.29 is 23.0 Å². The quantitative estimate of drug-likeness (QED) is 0.482. The first-order chi connectivity index (χ1) is 14.7. The van der Waals surface area contributed by atoms with Gasteiger partial charge in [-0.2, -0.15) is 13.2 Å². The van der Waals surface area contributed by atoms with E-state index in [0.717, 1.165) is 33.8 Å². The highest BCUT2D eigenvalue weighted by Crippen LogP contribution is 2.45. The molecule has 1 aliphatic rings. The van der Waals surface area contributed by atoms with Gasteiger partial charge in [-0.3, -0.25) is 0 Å². The smallest absolute Gasteiger partial charge is 0.396 e. The Kier molecular flexibility index (Phi) is 5.64. The maximum atomic E-state index is 13.7. The molecule has 0 aliphatic carbocycles. The lowest BCUT2D eigenvalue weighted by Gasteiger charge is -2.36. The number of ether oxygens (including phenoxy) is 1. The van der Waals surface area contributed by atoms with Crippen LogP contribution in [-0.2, 0) is 22.9 Å². The number of H-pyrrole nitrogens is 1. The Bertz CT molecular complexity index is 1100. The molecular formula is C25H28F3NO2. The van der Waals surface area contributed by atoms with Crippen molar-refractivity contribution in [3.63, 3.8) is 0 Å². The van der Waals surface area contributed by atoms with E-state index >= 15 is 0 Å². The highest BCUT2D eigenvalue weighted by atomic mass is 19.4. The predicted molar refractivity (Wildman–Crippen MR) is 116 cm³/mol. The molecule has 3 aromatic rings. The minimum atomic E-state index is -4.42. The molecule has 1 aromatic heterocycles. The van der Waals surface area contributed by atoms with E-state index in [1.807, 2.05) is 32.9 Å². The van der Waals surface area contributed by atoms with Gasteiger partial charge in [-0.05, 0) is 59.2 Å². The molecule has 166 valence electrons. The predicted octanol–water partition coefficient (Wildman–Crippen LogP) is 6.54. The first kappa shape index (κ1) is 21.9. The van der Waals surface area contributed by atoms with Crippen LogP contribution in [0.5, 0.6) is 0 Å². The molecule has 3 nitrogen and oxygen atoms in total. The third kappa shape index (κ3) is 3.66. The lowest BCUT2D eigenvalue weighted by atomic mass is 9.85. The second-order valence-electron chi connectivity index (χ2n) is 8.58. The zero-order chi connectivity index (χ0) is 22.4. The summed E-state index contributed by atoms with van der Waals surface area (Å²) in [5.41, 5.74) is 3.51. The van der Waals surface area contributed by atoms with E-state index in [4.69, 9.17) is 4.74 Å². The SMILES string of the molecule is CCC1(CCO)OCCc2c1[nH]c1c(C(C)C)cc(-c3ccccc3C(F)(F)F)cc21. The second kappa shape index (κ2) is 7.99. The number of aliphatic hydroxyl groups is 1. The molecule has 0 saturated heterocycles. The number of alkyl halides is 3. The first-order valence-corrected chi connectivity index (χ1v) is 10.8. The van der Waals surface area contributed by atoms with E-state index in [0.29, 0.717) is 31.4 Å². The van der Waals surface area contributed by atoms with Crippen molar-refractivity contribution in [2.24, 2.45) is 0 Å². The van der Waals surface area contributed by atoms with Crippen molar-refractivity contribution in [3.05, 3.63) is 58.8 Å². The monoisotopic (exact) mass is 431 g/mol. The summed E-state index contributed by atoms with van der Waals surface area (Å²) in [7, 11) is 0. The molecule has 6 heteroatoms. The molecule has 31 heavy (non-hydrogen) atoms. The van der Waals surface area contributed by atoms with Gasteiger partial charge in [0.25, 0.3) is 0 Å². The highest BCUT2D eigenvalue weighted by Gasteiger charge is 2.39. The highest BCUT2D eigenvalue weighted by molar-refractivity contribution is 5.93. The Labute approximate surface area is 180 Å². The van der Waals surface area contributed by atoms with Crippen LogP contribution in [0.25, 0.3) is 22.0 Å². The number of rotatable bonds is 5.